The van der Waals surface area contributed by atoms with E-state index in [9.17, 15) is 13.2 Å². The number of aromatic nitrogens is 3. The fourth-order valence-corrected chi connectivity index (χ4v) is 3.42. The van der Waals surface area contributed by atoms with Crippen molar-refractivity contribution in [3.63, 3.8) is 0 Å². The molecule has 0 amide bonds. The molecule has 0 aliphatic carbocycles. The van der Waals surface area contributed by atoms with Crippen molar-refractivity contribution in [2.45, 2.75) is 13.1 Å². The number of alkyl halides is 3. The van der Waals surface area contributed by atoms with E-state index in [0.29, 0.717) is 28.1 Å². The number of benzene rings is 1. The Morgan fingerprint density at radius 3 is 2.60 bits per heavy atom. The average molecular weight is 359 g/mol. The molecule has 0 saturated carbocycles. The zero-order valence-electron chi connectivity index (χ0n) is 13.1. The molecule has 0 fully saturated rings. The predicted molar refractivity (Wildman–Crippen MR) is 92.4 cm³/mol. The third kappa shape index (κ3) is 3.02. The van der Waals surface area contributed by atoms with Gasteiger partial charge < -0.3 is 4.98 Å². The van der Waals surface area contributed by atoms with Crippen molar-refractivity contribution in [3.05, 3.63) is 59.1 Å². The number of thiophene rings is 1. The molecule has 25 heavy (non-hydrogen) atoms. The van der Waals surface area contributed by atoms with Gasteiger partial charge in [-0.15, -0.1) is 11.3 Å². The number of halogens is 3. The van der Waals surface area contributed by atoms with Crippen LogP contribution < -0.4 is 0 Å². The Morgan fingerprint density at radius 2 is 1.88 bits per heavy atom. The van der Waals surface area contributed by atoms with Crippen LogP contribution in [0.15, 0.2) is 48.7 Å². The highest BCUT2D eigenvalue weighted by Gasteiger charge is 2.30. The van der Waals surface area contributed by atoms with Crippen molar-refractivity contribution in [2.75, 3.05) is 0 Å². The highest BCUT2D eigenvalue weighted by molar-refractivity contribution is 7.15. The number of H-pyrrole nitrogens is 1. The van der Waals surface area contributed by atoms with Crippen LogP contribution in [0, 0.1) is 6.92 Å². The minimum atomic E-state index is -4.37. The van der Waals surface area contributed by atoms with Crippen LogP contribution >= 0.6 is 11.3 Å². The number of pyridine rings is 1. The number of fused-ring (bicyclic) bond motifs is 1. The third-order valence-electron chi connectivity index (χ3n) is 3.83. The molecule has 4 rings (SSSR count). The Balaban J connectivity index is 1.77. The van der Waals surface area contributed by atoms with E-state index in [4.69, 9.17) is 0 Å². The molecule has 0 unspecified atom stereocenters. The fraction of sp³-hybridized carbons (Fsp3) is 0.111. The molecule has 7 heteroatoms. The minimum absolute atomic E-state index is 0.459. The van der Waals surface area contributed by atoms with Gasteiger partial charge >= 0.3 is 6.18 Å². The molecule has 0 aliphatic rings. The smallest absolute Gasteiger partial charge is 0.322 e. The highest BCUT2D eigenvalue weighted by Crippen LogP contribution is 2.33. The molecule has 0 bridgehead atoms. The maximum atomic E-state index is 12.9. The molecule has 3 nitrogen and oxygen atoms in total. The first-order valence-corrected chi connectivity index (χ1v) is 8.32. The SMILES string of the molecule is Cc1ccc(-c2nc3cc(-c4cccc(C(F)(F)F)c4)cnc3[nH]2)s1. The summed E-state index contributed by atoms with van der Waals surface area (Å²) in [7, 11) is 0. The average Bonchev–Trinajstić information content (AvgIpc) is 3.19. The maximum absolute atomic E-state index is 12.9. The van der Waals surface area contributed by atoms with Crippen LogP contribution in [0.4, 0.5) is 13.2 Å². The van der Waals surface area contributed by atoms with E-state index < -0.39 is 11.7 Å². The Hall–Kier alpha value is -2.67. The molecular formula is C18H12F3N3S. The summed E-state index contributed by atoms with van der Waals surface area (Å²) < 4.78 is 38.7. The van der Waals surface area contributed by atoms with Gasteiger partial charge in [-0.3, -0.25) is 0 Å². The molecule has 0 aliphatic heterocycles. The summed E-state index contributed by atoms with van der Waals surface area (Å²) in [6, 6.07) is 10.9. The first-order valence-electron chi connectivity index (χ1n) is 7.50. The van der Waals surface area contributed by atoms with E-state index in [1.54, 1.807) is 29.7 Å². The minimum Gasteiger partial charge on any atom is -0.322 e. The summed E-state index contributed by atoms with van der Waals surface area (Å²) >= 11 is 1.61. The quantitative estimate of drug-likeness (QED) is 0.500. The van der Waals surface area contributed by atoms with Gasteiger partial charge in [0.1, 0.15) is 11.3 Å². The Morgan fingerprint density at radius 1 is 1.04 bits per heavy atom. The zero-order chi connectivity index (χ0) is 17.6. The molecule has 1 aromatic carbocycles. The standard InChI is InChI=1S/C18H12F3N3S/c1-10-5-6-15(25-10)17-23-14-8-12(9-22-16(14)24-17)11-3-2-4-13(7-11)18(19,20)21/h2-9H,1H3,(H,22,23,24). The number of hydrogen-bond acceptors (Lipinski definition) is 3. The first kappa shape index (κ1) is 15.8. The molecule has 0 spiro atoms. The van der Waals surface area contributed by atoms with Crippen molar-refractivity contribution in [1.82, 2.24) is 15.0 Å². The third-order valence-corrected chi connectivity index (χ3v) is 4.84. The van der Waals surface area contributed by atoms with E-state index >= 15 is 0 Å². The van der Waals surface area contributed by atoms with Crippen molar-refractivity contribution in [2.24, 2.45) is 0 Å². The lowest BCUT2D eigenvalue weighted by Gasteiger charge is -2.08. The second-order valence-electron chi connectivity index (χ2n) is 5.67. The van der Waals surface area contributed by atoms with E-state index in [1.165, 1.54) is 10.9 Å². The van der Waals surface area contributed by atoms with Crippen LogP contribution in [0.5, 0.6) is 0 Å². The van der Waals surface area contributed by atoms with Gasteiger partial charge in [0.15, 0.2) is 5.65 Å². The molecule has 3 aromatic heterocycles. The number of aromatic amines is 1. The second-order valence-corrected chi connectivity index (χ2v) is 6.95. The van der Waals surface area contributed by atoms with Gasteiger partial charge in [-0.05, 0) is 42.8 Å². The van der Waals surface area contributed by atoms with Gasteiger partial charge in [0, 0.05) is 16.6 Å². The van der Waals surface area contributed by atoms with Crippen molar-refractivity contribution >= 4 is 22.5 Å². The van der Waals surface area contributed by atoms with E-state index in [-0.39, 0.29) is 0 Å². The largest absolute Gasteiger partial charge is 0.416 e. The molecule has 126 valence electrons. The molecule has 0 saturated heterocycles. The van der Waals surface area contributed by atoms with Gasteiger partial charge in [-0.2, -0.15) is 13.2 Å². The number of rotatable bonds is 2. The van der Waals surface area contributed by atoms with Crippen molar-refractivity contribution in [3.8, 4) is 21.8 Å². The number of hydrogen-bond donors (Lipinski definition) is 1. The monoisotopic (exact) mass is 359 g/mol. The lowest BCUT2D eigenvalue weighted by Crippen LogP contribution is -2.04. The van der Waals surface area contributed by atoms with E-state index in [2.05, 4.69) is 15.0 Å². The maximum Gasteiger partial charge on any atom is 0.416 e. The number of nitrogens with zero attached hydrogens (tertiary/aromatic N) is 2. The normalized spacial score (nSPS) is 12.0. The van der Waals surface area contributed by atoms with Crippen LogP contribution in [0.25, 0.3) is 33.0 Å². The zero-order valence-corrected chi connectivity index (χ0v) is 13.9. The van der Waals surface area contributed by atoms with Gasteiger partial charge in [-0.1, -0.05) is 12.1 Å². The Bertz CT molecular complexity index is 1060. The lowest BCUT2D eigenvalue weighted by atomic mass is 10.0. The topological polar surface area (TPSA) is 41.6 Å². The number of imidazole rings is 1. The summed E-state index contributed by atoms with van der Waals surface area (Å²) in [4.78, 5) is 14.1. The highest BCUT2D eigenvalue weighted by atomic mass is 32.1. The van der Waals surface area contributed by atoms with Gasteiger partial charge in [0.25, 0.3) is 0 Å². The summed E-state index contributed by atoms with van der Waals surface area (Å²) in [5.74, 6) is 0.710. The summed E-state index contributed by atoms with van der Waals surface area (Å²) in [5.41, 5.74) is 1.61. The van der Waals surface area contributed by atoms with Crippen molar-refractivity contribution in [1.29, 1.82) is 0 Å². The first-order chi connectivity index (χ1) is 11.9. The molecule has 4 aromatic rings. The number of aryl methyl sites for hydroxylation is 1. The molecular weight excluding hydrogens is 347 g/mol. The van der Waals surface area contributed by atoms with Crippen LogP contribution in [0.3, 0.4) is 0 Å². The van der Waals surface area contributed by atoms with E-state index in [1.807, 2.05) is 19.1 Å². The lowest BCUT2D eigenvalue weighted by molar-refractivity contribution is -0.137. The predicted octanol–water partition coefficient (Wildman–Crippen LogP) is 5.68. The second kappa shape index (κ2) is 5.70. The number of nitrogens with one attached hydrogen (secondary N) is 1. The summed E-state index contributed by atoms with van der Waals surface area (Å²) in [6.45, 7) is 2.01. The van der Waals surface area contributed by atoms with Gasteiger partial charge in [0.2, 0.25) is 0 Å². The summed E-state index contributed by atoms with van der Waals surface area (Å²) in [6.07, 6.45) is -2.82. The van der Waals surface area contributed by atoms with Crippen LogP contribution in [0.1, 0.15) is 10.4 Å². The molecule has 3 heterocycles. The van der Waals surface area contributed by atoms with Crippen LogP contribution in [-0.2, 0) is 6.18 Å². The molecule has 1 N–H and O–H groups in total. The Kier molecular flexibility index (Phi) is 3.61. The van der Waals surface area contributed by atoms with E-state index in [0.717, 1.165) is 17.0 Å². The van der Waals surface area contributed by atoms with Crippen LogP contribution in [-0.4, -0.2) is 15.0 Å². The molecule has 0 radical (unpaired) electrons. The summed E-state index contributed by atoms with van der Waals surface area (Å²) in [5, 5.41) is 0. The van der Waals surface area contributed by atoms with Crippen LogP contribution in [0.2, 0.25) is 0 Å². The molecule has 0 atom stereocenters. The van der Waals surface area contributed by atoms with Crippen molar-refractivity contribution < 1.29 is 13.2 Å². The van der Waals surface area contributed by atoms with Gasteiger partial charge in [-0.25, -0.2) is 9.97 Å². The fourth-order valence-electron chi connectivity index (χ4n) is 2.61. The van der Waals surface area contributed by atoms with Gasteiger partial charge in [0.05, 0.1) is 10.4 Å². The Labute approximate surface area is 145 Å².